The molecule has 1 heterocycles. The summed E-state index contributed by atoms with van der Waals surface area (Å²) in [5.74, 6) is -1.27. The highest BCUT2D eigenvalue weighted by Gasteiger charge is 2.40. The molecule has 96 valence electrons. The number of likely N-dealkylation sites (tertiary alicyclic amines) is 1. The minimum Gasteiger partial charge on any atom is -0.480 e. The smallest absolute Gasteiger partial charge is 0.321 e. The quantitative estimate of drug-likeness (QED) is 0.549. The fraction of sp³-hybridized carbons (Fsp3) is 0.636. The molecular formula is C11H18N2O4. The average molecular weight is 242 g/mol. The summed E-state index contributed by atoms with van der Waals surface area (Å²) >= 11 is 0. The fourth-order valence-corrected chi connectivity index (χ4v) is 1.98. The van der Waals surface area contributed by atoms with E-state index in [1.165, 1.54) is 4.90 Å². The molecule has 6 nitrogen and oxygen atoms in total. The normalized spacial score (nSPS) is 26.5. The Labute approximate surface area is 99.9 Å². The van der Waals surface area contributed by atoms with Crippen molar-refractivity contribution in [1.29, 1.82) is 0 Å². The van der Waals surface area contributed by atoms with Crippen molar-refractivity contribution in [1.82, 2.24) is 10.2 Å². The SMILES string of the molecule is C=CCNC(=O)C(C)N1CC(O)CC1C(=O)O. The molecule has 0 aromatic carbocycles. The van der Waals surface area contributed by atoms with Gasteiger partial charge in [-0.2, -0.15) is 0 Å². The Morgan fingerprint density at radius 3 is 2.82 bits per heavy atom. The molecule has 0 aromatic heterocycles. The van der Waals surface area contributed by atoms with Crippen molar-refractivity contribution in [3.63, 3.8) is 0 Å². The zero-order valence-corrected chi connectivity index (χ0v) is 9.80. The summed E-state index contributed by atoms with van der Waals surface area (Å²) in [7, 11) is 0. The van der Waals surface area contributed by atoms with Gasteiger partial charge in [-0.15, -0.1) is 6.58 Å². The first-order valence-corrected chi connectivity index (χ1v) is 5.52. The molecule has 1 saturated heterocycles. The monoisotopic (exact) mass is 242 g/mol. The number of carbonyl (C=O) groups excluding carboxylic acids is 1. The summed E-state index contributed by atoms with van der Waals surface area (Å²) in [6.45, 7) is 5.67. The number of carboxylic acid groups (broad SMARTS) is 1. The van der Waals surface area contributed by atoms with Gasteiger partial charge >= 0.3 is 5.97 Å². The second kappa shape index (κ2) is 5.79. The third kappa shape index (κ3) is 3.28. The maximum atomic E-state index is 11.7. The summed E-state index contributed by atoms with van der Waals surface area (Å²) in [6.07, 6.45) is 1.03. The highest BCUT2D eigenvalue weighted by atomic mass is 16.4. The first kappa shape index (κ1) is 13.7. The van der Waals surface area contributed by atoms with E-state index in [1.807, 2.05) is 0 Å². The van der Waals surface area contributed by atoms with E-state index in [2.05, 4.69) is 11.9 Å². The van der Waals surface area contributed by atoms with Crippen molar-refractivity contribution in [3.05, 3.63) is 12.7 Å². The highest BCUT2D eigenvalue weighted by molar-refractivity contribution is 5.83. The van der Waals surface area contributed by atoms with Crippen molar-refractivity contribution in [2.24, 2.45) is 0 Å². The van der Waals surface area contributed by atoms with Gasteiger partial charge in [0.2, 0.25) is 5.91 Å². The van der Waals surface area contributed by atoms with Crippen LogP contribution in [-0.4, -0.2) is 58.3 Å². The third-order valence-corrected chi connectivity index (χ3v) is 2.90. The van der Waals surface area contributed by atoms with E-state index < -0.39 is 24.2 Å². The predicted molar refractivity (Wildman–Crippen MR) is 61.4 cm³/mol. The molecule has 3 N–H and O–H groups in total. The second-order valence-corrected chi connectivity index (χ2v) is 4.15. The molecule has 0 saturated carbocycles. The van der Waals surface area contributed by atoms with E-state index in [9.17, 15) is 14.7 Å². The maximum Gasteiger partial charge on any atom is 0.321 e. The van der Waals surface area contributed by atoms with Gasteiger partial charge in [-0.1, -0.05) is 6.08 Å². The number of rotatable bonds is 5. The molecule has 1 amide bonds. The molecule has 0 radical (unpaired) electrons. The van der Waals surface area contributed by atoms with Gasteiger partial charge in [0.1, 0.15) is 6.04 Å². The average Bonchev–Trinajstić information content (AvgIpc) is 2.67. The second-order valence-electron chi connectivity index (χ2n) is 4.15. The first-order valence-electron chi connectivity index (χ1n) is 5.52. The number of hydrogen-bond acceptors (Lipinski definition) is 4. The van der Waals surface area contributed by atoms with Gasteiger partial charge < -0.3 is 15.5 Å². The van der Waals surface area contributed by atoms with Crippen molar-refractivity contribution in [2.45, 2.75) is 31.5 Å². The van der Waals surface area contributed by atoms with Gasteiger partial charge in [0, 0.05) is 19.5 Å². The standard InChI is InChI=1S/C11H18N2O4/c1-3-4-12-10(15)7(2)13-6-8(14)5-9(13)11(16)17/h3,7-9,14H,1,4-6H2,2H3,(H,12,15)(H,16,17). The van der Waals surface area contributed by atoms with Crippen LogP contribution in [0.15, 0.2) is 12.7 Å². The summed E-state index contributed by atoms with van der Waals surface area (Å²) < 4.78 is 0. The summed E-state index contributed by atoms with van der Waals surface area (Å²) in [4.78, 5) is 24.2. The lowest BCUT2D eigenvalue weighted by molar-refractivity contribution is -0.143. The van der Waals surface area contributed by atoms with Gasteiger partial charge in [0.05, 0.1) is 12.1 Å². The van der Waals surface area contributed by atoms with Gasteiger partial charge in [-0.25, -0.2) is 0 Å². The van der Waals surface area contributed by atoms with E-state index in [0.29, 0.717) is 6.54 Å². The van der Waals surface area contributed by atoms with Crippen LogP contribution < -0.4 is 5.32 Å². The van der Waals surface area contributed by atoms with Crippen LogP contribution in [0.3, 0.4) is 0 Å². The van der Waals surface area contributed by atoms with Crippen molar-refractivity contribution < 1.29 is 19.8 Å². The maximum absolute atomic E-state index is 11.7. The number of nitrogens with one attached hydrogen (secondary N) is 1. The number of nitrogens with zero attached hydrogens (tertiary/aromatic N) is 1. The summed E-state index contributed by atoms with van der Waals surface area (Å²) in [5, 5.41) is 21.1. The van der Waals surface area contributed by atoms with Crippen molar-refractivity contribution >= 4 is 11.9 Å². The Balaban J connectivity index is 2.66. The lowest BCUT2D eigenvalue weighted by Gasteiger charge is -2.26. The van der Waals surface area contributed by atoms with Gasteiger partial charge in [-0.3, -0.25) is 14.5 Å². The number of β-amino-alcohol motifs (C(OH)–C–C–N with tert-alkyl or cyclic N) is 1. The number of carboxylic acids is 1. The topological polar surface area (TPSA) is 89.9 Å². The van der Waals surface area contributed by atoms with Crippen molar-refractivity contribution in [3.8, 4) is 0 Å². The molecule has 0 aromatic rings. The summed E-state index contributed by atoms with van der Waals surface area (Å²) in [6, 6.07) is -1.37. The minimum atomic E-state index is -1.01. The molecule has 6 heteroatoms. The van der Waals surface area contributed by atoms with Crippen LogP contribution in [0.5, 0.6) is 0 Å². The number of aliphatic hydroxyl groups excluding tert-OH is 1. The molecular weight excluding hydrogens is 224 g/mol. The molecule has 0 spiro atoms. The molecule has 3 atom stereocenters. The zero-order valence-electron chi connectivity index (χ0n) is 9.80. The molecule has 0 bridgehead atoms. The number of aliphatic hydroxyl groups is 1. The zero-order chi connectivity index (χ0) is 13.0. The van der Waals surface area contributed by atoms with Crippen LogP contribution in [0.1, 0.15) is 13.3 Å². The van der Waals surface area contributed by atoms with E-state index in [-0.39, 0.29) is 18.9 Å². The molecule has 1 rings (SSSR count). The van der Waals surface area contributed by atoms with E-state index in [1.54, 1.807) is 13.0 Å². The van der Waals surface area contributed by atoms with E-state index in [4.69, 9.17) is 5.11 Å². The predicted octanol–water partition coefficient (Wildman–Crippen LogP) is -0.803. The minimum absolute atomic E-state index is 0.161. The molecule has 17 heavy (non-hydrogen) atoms. The molecule has 1 aliphatic rings. The van der Waals surface area contributed by atoms with Crippen LogP contribution in [0, 0.1) is 0 Å². The van der Waals surface area contributed by atoms with Gasteiger partial charge in [0.25, 0.3) is 0 Å². The Bertz CT molecular complexity index is 319. The number of carbonyl (C=O) groups is 2. The molecule has 1 aliphatic heterocycles. The Morgan fingerprint density at radius 2 is 2.29 bits per heavy atom. The Hall–Kier alpha value is -1.40. The highest BCUT2D eigenvalue weighted by Crippen LogP contribution is 2.20. The Kier molecular flexibility index (Phi) is 4.65. The van der Waals surface area contributed by atoms with Gasteiger partial charge in [0.15, 0.2) is 0 Å². The molecule has 3 unspecified atom stereocenters. The van der Waals surface area contributed by atoms with Crippen LogP contribution in [0.4, 0.5) is 0 Å². The van der Waals surface area contributed by atoms with E-state index in [0.717, 1.165) is 0 Å². The third-order valence-electron chi connectivity index (χ3n) is 2.90. The number of hydrogen-bond donors (Lipinski definition) is 3. The number of amides is 1. The van der Waals surface area contributed by atoms with E-state index >= 15 is 0 Å². The van der Waals surface area contributed by atoms with Crippen LogP contribution >= 0.6 is 0 Å². The first-order chi connectivity index (χ1) is 7.97. The lowest BCUT2D eigenvalue weighted by Crippen LogP contribution is -2.49. The van der Waals surface area contributed by atoms with Crippen LogP contribution in [-0.2, 0) is 9.59 Å². The number of aliphatic carboxylic acids is 1. The van der Waals surface area contributed by atoms with Gasteiger partial charge in [-0.05, 0) is 6.92 Å². The largest absolute Gasteiger partial charge is 0.480 e. The molecule has 0 aliphatic carbocycles. The van der Waals surface area contributed by atoms with Crippen molar-refractivity contribution in [2.75, 3.05) is 13.1 Å². The summed E-state index contributed by atoms with van der Waals surface area (Å²) in [5.41, 5.74) is 0. The molecule has 1 fully saturated rings. The van der Waals surface area contributed by atoms with Crippen LogP contribution in [0.2, 0.25) is 0 Å². The fourth-order valence-electron chi connectivity index (χ4n) is 1.98. The van der Waals surface area contributed by atoms with Crippen LogP contribution in [0.25, 0.3) is 0 Å². The Morgan fingerprint density at radius 1 is 1.65 bits per heavy atom. The lowest BCUT2D eigenvalue weighted by atomic mass is 10.2.